The maximum atomic E-state index is 13.7. The van der Waals surface area contributed by atoms with Crippen LogP contribution in [0.25, 0.3) is 0 Å². The lowest BCUT2D eigenvalue weighted by atomic mass is 9.96. The molecular weight excluding hydrogens is 373 g/mol. The molecule has 0 fully saturated rings. The Morgan fingerprint density at radius 2 is 2.18 bits per heavy atom. The maximum absolute atomic E-state index is 13.7. The van der Waals surface area contributed by atoms with Gasteiger partial charge in [-0.3, -0.25) is 4.79 Å². The van der Waals surface area contributed by atoms with Gasteiger partial charge in [-0.15, -0.1) is 0 Å². The lowest BCUT2D eigenvalue weighted by Crippen LogP contribution is -2.36. The van der Waals surface area contributed by atoms with Crippen LogP contribution in [0.2, 0.25) is 0 Å². The third-order valence-electron chi connectivity index (χ3n) is 4.65. The number of hydrogen-bond donors (Lipinski definition) is 2. The summed E-state index contributed by atoms with van der Waals surface area (Å²) in [5, 5.41) is 9.66. The number of benzene rings is 1. The predicted octanol–water partition coefficient (Wildman–Crippen LogP) is 3.94. The van der Waals surface area contributed by atoms with Gasteiger partial charge in [0.15, 0.2) is 6.04 Å². The Hall–Kier alpha value is -2.71. The van der Waals surface area contributed by atoms with Crippen molar-refractivity contribution in [3.8, 4) is 5.75 Å². The van der Waals surface area contributed by atoms with Crippen LogP contribution in [0.4, 0.5) is 19.0 Å². The molecule has 2 heterocycles. The topological polar surface area (TPSA) is 68.2 Å². The molecular formula is C19H23F3N4O2. The second-order valence-electron chi connectivity index (χ2n) is 7.22. The first-order chi connectivity index (χ1) is 13.2. The normalized spacial score (nSPS) is 19.1. The number of rotatable bonds is 5. The van der Waals surface area contributed by atoms with E-state index >= 15 is 0 Å². The van der Waals surface area contributed by atoms with Crippen molar-refractivity contribution in [2.24, 2.45) is 5.92 Å². The Labute approximate surface area is 161 Å². The number of amides is 1. The van der Waals surface area contributed by atoms with E-state index in [1.807, 2.05) is 13.8 Å². The molecule has 2 aromatic rings. The number of anilines is 1. The lowest BCUT2D eigenvalue weighted by Gasteiger charge is -2.34. The van der Waals surface area contributed by atoms with Crippen LogP contribution in [-0.2, 0) is 0 Å². The highest BCUT2D eigenvalue weighted by molar-refractivity contribution is 5.98. The molecule has 0 bridgehead atoms. The van der Waals surface area contributed by atoms with Crippen LogP contribution in [0.15, 0.2) is 30.5 Å². The Morgan fingerprint density at radius 1 is 1.43 bits per heavy atom. The zero-order valence-electron chi connectivity index (χ0n) is 15.9. The summed E-state index contributed by atoms with van der Waals surface area (Å²) in [5.74, 6) is 0.393. The van der Waals surface area contributed by atoms with E-state index in [0.29, 0.717) is 17.9 Å². The van der Waals surface area contributed by atoms with Gasteiger partial charge in [0.1, 0.15) is 17.1 Å². The molecule has 0 saturated heterocycles. The predicted molar refractivity (Wildman–Crippen MR) is 98.5 cm³/mol. The summed E-state index contributed by atoms with van der Waals surface area (Å²) in [6.07, 6.45) is -3.55. The number of carbonyl (C=O) groups is 1. The van der Waals surface area contributed by atoms with Gasteiger partial charge in [0, 0.05) is 13.0 Å². The number of carbonyl (C=O) groups excluding carboxylic acids is 1. The Kier molecular flexibility index (Phi) is 5.53. The Balaban J connectivity index is 1.97. The summed E-state index contributed by atoms with van der Waals surface area (Å²) in [6, 6.07) is 4.41. The van der Waals surface area contributed by atoms with Gasteiger partial charge < -0.3 is 15.4 Å². The highest BCUT2D eigenvalue weighted by Gasteiger charge is 2.47. The molecule has 28 heavy (non-hydrogen) atoms. The van der Waals surface area contributed by atoms with Crippen LogP contribution >= 0.6 is 0 Å². The third-order valence-corrected chi connectivity index (χ3v) is 4.65. The first-order valence-electron chi connectivity index (χ1n) is 9.03. The average Bonchev–Trinajstić information content (AvgIpc) is 3.08. The van der Waals surface area contributed by atoms with Crippen molar-refractivity contribution in [2.75, 3.05) is 19.0 Å². The van der Waals surface area contributed by atoms with Crippen molar-refractivity contribution in [2.45, 2.75) is 38.5 Å². The number of hydrogen-bond acceptors (Lipinski definition) is 4. The molecule has 0 spiro atoms. The third kappa shape index (κ3) is 4.07. The summed E-state index contributed by atoms with van der Waals surface area (Å²) in [5.41, 5.74) is 0.747. The van der Waals surface area contributed by atoms with E-state index in [9.17, 15) is 18.0 Å². The highest BCUT2D eigenvalue weighted by Crippen LogP contribution is 2.44. The number of halogens is 3. The fourth-order valence-electron chi connectivity index (χ4n) is 3.20. The fourth-order valence-corrected chi connectivity index (χ4v) is 3.20. The van der Waals surface area contributed by atoms with Crippen LogP contribution in [0, 0.1) is 5.92 Å². The van der Waals surface area contributed by atoms with Crippen LogP contribution in [-0.4, -0.2) is 35.5 Å². The number of ether oxygens (including phenoxy) is 1. The number of nitrogens with zero attached hydrogens (tertiary/aromatic N) is 2. The molecule has 1 amide bonds. The van der Waals surface area contributed by atoms with Gasteiger partial charge in [-0.1, -0.05) is 26.0 Å². The number of methoxy groups -OCH3 is 1. The van der Waals surface area contributed by atoms with Crippen molar-refractivity contribution >= 4 is 11.7 Å². The highest BCUT2D eigenvalue weighted by atomic mass is 19.4. The average molecular weight is 396 g/mol. The van der Waals surface area contributed by atoms with Crippen LogP contribution in [0.1, 0.15) is 48.3 Å². The van der Waals surface area contributed by atoms with Gasteiger partial charge in [0.05, 0.1) is 19.3 Å². The minimum atomic E-state index is -4.49. The number of nitrogens with one attached hydrogen (secondary N) is 2. The molecule has 2 N–H and O–H groups in total. The van der Waals surface area contributed by atoms with E-state index in [1.54, 1.807) is 24.3 Å². The van der Waals surface area contributed by atoms with Gasteiger partial charge in [-0.2, -0.15) is 18.3 Å². The Bertz CT molecular complexity index is 848. The van der Waals surface area contributed by atoms with Gasteiger partial charge in [0.25, 0.3) is 5.91 Å². The quantitative estimate of drug-likeness (QED) is 0.803. The molecule has 0 unspecified atom stereocenters. The van der Waals surface area contributed by atoms with Gasteiger partial charge >= 0.3 is 6.18 Å². The molecule has 152 valence electrons. The Morgan fingerprint density at radius 3 is 2.82 bits per heavy atom. The molecule has 0 saturated carbocycles. The maximum Gasteiger partial charge on any atom is 0.410 e. The van der Waals surface area contributed by atoms with Crippen molar-refractivity contribution in [3.63, 3.8) is 0 Å². The van der Waals surface area contributed by atoms with Crippen LogP contribution in [0.5, 0.6) is 5.75 Å². The van der Waals surface area contributed by atoms with Crippen molar-refractivity contribution in [1.29, 1.82) is 0 Å². The summed E-state index contributed by atoms with van der Waals surface area (Å²) in [4.78, 5) is 12.5. The zero-order chi connectivity index (χ0) is 20.5. The molecule has 3 rings (SSSR count). The molecule has 2 atom stereocenters. The first kappa shape index (κ1) is 20.0. The van der Waals surface area contributed by atoms with E-state index in [-0.39, 0.29) is 23.7 Å². The van der Waals surface area contributed by atoms with Crippen LogP contribution < -0.4 is 15.4 Å². The smallest absolute Gasteiger partial charge is 0.410 e. The molecule has 1 aliphatic rings. The van der Waals surface area contributed by atoms with Gasteiger partial charge in [-0.05, 0) is 23.6 Å². The molecule has 0 aliphatic carbocycles. The summed E-state index contributed by atoms with van der Waals surface area (Å²) in [7, 11) is 1.50. The summed E-state index contributed by atoms with van der Waals surface area (Å²) in [6.45, 7) is 4.29. The van der Waals surface area contributed by atoms with E-state index in [0.717, 1.165) is 4.68 Å². The van der Waals surface area contributed by atoms with Crippen LogP contribution in [0.3, 0.4) is 0 Å². The van der Waals surface area contributed by atoms with Crippen molar-refractivity contribution < 1.29 is 22.7 Å². The summed E-state index contributed by atoms with van der Waals surface area (Å²) < 4.78 is 47.2. The molecule has 9 heteroatoms. The van der Waals surface area contributed by atoms with E-state index in [2.05, 4.69) is 15.7 Å². The zero-order valence-corrected chi connectivity index (χ0v) is 15.9. The van der Waals surface area contributed by atoms with E-state index in [1.165, 1.54) is 13.3 Å². The van der Waals surface area contributed by atoms with Crippen molar-refractivity contribution in [3.05, 3.63) is 41.6 Å². The number of fused-ring (bicyclic) bond motifs is 1. The molecule has 6 nitrogen and oxygen atoms in total. The van der Waals surface area contributed by atoms with Gasteiger partial charge in [0.2, 0.25) is 0 Å². The number of alkyl halides is 3. The minimum absolute atomic E-state index is 0.0719. The summed E-state index contributed by atoms with van der Waals surface area (Å²) >= 11 is 0. The second kappa shape index (κ2) is 7.73. The SMILES string of the molecule is COc1cccc([C@H]2C[C@@H](C(F)(F)F)n3ncc(C(=O)NCC(C)C)c3N2)c1. The monoisotopic (exact) mass is 396 g/mol. The van der Waals surface area contributed by atoms with Crippen molar-refractivity contribution in [1.82, 2.24) is 15.1 Å². The standard InChI is InChI=1S/C19H23F3N4O2/c1-11(2)9-23-18(27)14-10-24-26-16(19(20,21)22)8-15(25-17(14)26)12-5-4-6-13(7-12)28-3/h4-7,10-11,15-16,25H,8-9H2,1-3H3,(H,23,27)/t15-,16+/m1/s1. The molecule has 0 radical (unpaired) electrons. The molecule has 1 aromatic carbocycles. The molecule has 1 aromatic heterocycles. The van der Waals surface area contributed by atoms with E-state index in [4.69, 9.17) is 4.74 Å². The fraction of sp³-hybridized carbons (Fsp3) is 0.474. The van der Waals surface area contributed by atoms with E-state index < -0.39 is 24.2 Å². The largest absolute Gasteiger partial charge is 0.497 e. The lowest BCUT2D eigenvalue weighted by molar-refractivity contribution is -0.173. The number of aromatic nitrogens is 2. The minimum Gasteiger partial charge on any atom is -0.497 e. The van der Waals surface area contributed by atoms with Gasteiger partial charge in [-0.25, -0.2) is 4.68 Å². The molecule has 1 aliphatic heterocycles. The second-order valence-corrected chi connectivity index (χ2v) is 7.22. The first-order valence-corrected chi connectivity index (χ1v) is 9.03.